The average molecular weight is 533 g/mol. The summed E-state index contributed by atoms with van der Waals surface area (Å²) < 4.78 is 93.7. The average Bonchev–Trinajstić information content (AvgIpc) is 3.52. The number of pyridine rings is 1. The predicted octanol–water partition coefficient (Wildman–Crippen LogP) is 3.71. The second-order valence-corrected chi connectivity index (χ2v) is 10.6. The Balaban J connectivity index is 1.82. The lowest BCUT2D eigenvalue weighted by molar-refractivity contribution is -0.144. The Hall–Kier alpha value is -3.36. The van der Waals surface area contributed by atoms with Gasteiger partial charge in [-0.1, -0.05) is 12.1 Å². The van der Waals surface area contributed by atoms with Crippen LogP contribution < -0.4 is 5.69 Å². The lowest BCUT2D eigenvalue weighted by Crippen LogP contribution is -2.31. The highest BCUT2D eigenvalue weighted by molar-refractivity contribution is 7.91. The zero-order chi connectivity index (χ0) is 26.5. The van der Waals surface area contributed by atoms with E-state index in [2.05, 4.69) is 20.0 Å². The molecule has 194 valence electrons. The monoisotopic (exact) mass is 533 g/mol. The van der Waals surface area contributed by atoms with Crippen molar-refractivity contribution in [2.45, 2.75) is 49.7 Å². The number of rotatable bonds is 8. The van der Waals surface area contributed by atoms with E-state index >= 15 is 0 Å². The Morgan fingerprint density at radius 1 is 1.22 bits per heavy atom. The number of sulfone groups is 1. The van der Waals surface area contributed by atoms with Crippen molar-refractivity contribution in [3.8, 4) is 11.4 Å². The Labute approximate surface area is 201 Å². The maximum absolute atomic E-state index is 13.6. The molecule has 15 heteroatoms. The third kappa shape index (κ3) is 5.24. The highest BCUT2D eigenvalue weighted by Crippen LogP contribution is 2.39. The fraction of sp³-hybridized carbons (Fsp3) is 0.429. The molecule has 0 saturated heterocycles. The molecule has 0 aromatic carbocycles. The molecule has 0 spiro atoms. The van der Waals surface area contributed by atoms with Crippen molar-refractivity contribution >= 4 is 21.7 Å². The maximum Gasteiger partial charge on any atom is 0.431 e. The quantitative estimate of drug-likeness (QED) is 0.248. The van der Waals surface area contributed by atoms with E-state index in [0.717, 1.165) is 35.1 Å². The van der Waals surface area contributed by atoms with E-state index in [0.29, 0.717) is 24.3 Å². The Morgan fingerprint density at radius 2 is 1.92 bits per heavy atom. The minimum atomic E-state index is -4.80. The molecule has 3 heterocycles. The number of fused-ring (bicyclic) bond motifs is 1. The maximum atomic E-state index is 13.6. The smallest absolute Gasteiger partial charge is 0.389 e. The summed E-state index contributed by atoms with van der Waals surface area (Å²) in [6.07, 6.45) is -0.652. The Kier molecular flexibility index (Phi) is 6.39. The van der Waals surface area contributed by atoms with Crippen LogP contribution in [0.2, 0.25) is 0 Å². The van der Waals surface area contributed by atoms with Gasteiger partial charge < -0.3 is 4.84 Å². The molecule has 1 fully saturated rings. The number of nitrogens with zero attached hydrogens (tertiary/aromatic N) is 5. The predicted molar refractivity (Wildman–Crippen MR) is 118 cm³/mol. The molecule has 0 unspecified atom stereocenters. The summed E-state index contributed by atoms with van der Waals surface area (Å²) >= 11 is 0. The van der Waals surface area contributed by atoms with Gasteiger partial charge in [-0.25, -0.2) is 27.0 Å². The van der Waals surface area contributed by atoms with Crippen LogP contribution in [0.1, 0.15) is 44.0 Å². The van der Waals surface area contributed by atoms with Gasteiger partial charge in [0.25, 0.3) is 5.92 Å². The second kappa shape index (κ2) is 8.94. The molecule has 1 aliphatic carbocycles. The number of hydrogen-bond acceptors (Lipinski definition) is 7. The molecule has 9 nitrogen and oxygen atoms in total. The molecule has 3 aromatic rings. The van der Waals surface area contributed by atoms with Crippen LogP contribution in [0.3, 0.4) is 0 Å². The van der Waals surface area contributed by atoms with E-state index in [9.17, 15) is 35.2 Å². The van der Waals surface area contributed by atoms with E-state index in [1.807, 2.05) is 0 Å². The molecule has 4 rings (SSSR count). The fourth-order valence-electron chi connectivity index (χ4n) is 3.44. The summed E-state index contributed by atoms with van der Waals surface area (Å²) in [6, 6.07) is 1.32. The number of oxime groups is 1. The van der Waals surface area contributed by atoms with Crippen LogP contribution in [0.5, 0.6) is 0 Å². The van der Waals surface area contributed by atoms with Gasteiger partial charge in [-0.3, -0.25) is 14.0 Å². The van der Waals surface area contributed by atoms with E-state index in [1.54, 1.807) is 0 Å². The molecule has 0 atom stereocenters. The molecule has 0 aliphatic heterocycles. The summed E-state index contributed by atoms with van der Waals surface area (Å²) in [5.74, 6) is -3.47. The summed E-state index contributed by atoms with van der Waals surface area (Å²) in [4.78, 5) is 25.2. The SMILES string of the molecule is CCS(=O)(=O)c1cc(/C=N/OCC(C)(F)F)cnc1-c1cn2c(=O)n(C3CC3)c(C(F)(F)F)cc2n1. The molecule has 3 aromatic heterocycles. The van der Waals surface area contributed by atoms with Crippen molar-refractivity contribution < 1.29 is 35.2 Å². The topological polar surface area (TPSA) is 108 Å². The van der Waals surface area contributed by atoms with Gasteiger partial charge in [-0.05, 0) is 18.9 Å². The molecule has 36 heavy (non-hydrogen) atoms. The van der Waals surface area contributed by atoms with Crippen LogP contribution in [0.4, 0.5) is 22.0 Å². The van der Waals surface area contributed by atoms with Crippen molar-refractivity contribution in [2.75, 3.05) is 12.4 Å². The Bertz CT molecular complexity index is 1500. The van der Waals surface area contributed by atoms with E-state index in [1.165, 1.54) is 6.92 Å². The van der Waals surface area contributed by atoms with Crippen LogP contribution in [-0.4, -0.2) is 51.9 Å². The standard InChI is InChI=1S/C21H20F5N5O4S/c1-3-36(33,34)15-6-12(9-28-35-11-20(2,22)23)8-27-18(15)14-10-30-17(29-14)7-16(21(24,25)26)31(19(30)32)13-4-5-13/h6-10,13H,3-5,11H2,1-2H3/b28-9+. The molecule has 1 aliphatic rings. The molecular formula is C21H20F5N5O4S. The van der Waals surface area contributed by atoms with Gasteiger partial charge in [0.15, 0.2) is 16.4 Å². The first-order valence-electron chi connectivity index (χ1n) is 10.7. The summed E-state index contributed by atoms with van der Waals surface area (Å²) in [5, 5.41) is 3.38. The normalized spacial score (nSPS) is 15.2. The minimum Gasteiger partial charge on any atom is -0.389 e. The van der Waals surface area contributed by atoms with Crippen LogP contribution >= 0.6 is 0 Å². The molecular weight excluding hydrogens is 513 g/mol. The van der Waals surface area contributed by atoms with Gasteiger partial charge >= 0.3 is 11.9 Å². The van der Waals surface area contributed by atoms with Crippen molar-refractivity contribution in [2.24, 2.45) is 5.16 Å². The van der Waals surface area contributed by atoms with Crippen molar-refractivity contribution in [1.29, 1.82) is 0 Å². The van der Waals surface area contributed by atoms with Crippen LogP contribution in [-0.2, 0) is 20.9 Å². The number of hydrogen-bond donors (Lipinski definition) is 0. The van der Waals surface area contributed by atoms with E-state index in [4.69, 9.17) is 0 Å². The largest absolute Gasteiger partial charge is 0.431 e. The first-order valence-corrected chi connectivity index (χ1v) is 12.3. The van der Waals surface area contributed by atoms with Crippen LogP contribution in [0.15, 0.2) is 39.4 Å². The zero-order valence-electron chi connectivity index (χ0n) is 19.0. The highest BCUT2D eigenvalue weighted by Gasteiger charge is 2.40. The van der Waals surface area contributed by atoms with Crippen molar-refractivity contribution in [3.63, 3.8) is 0 Å². The van der Waals surface area contributed by atoms with Crippen molar-refractivity contribution in [1.82, 2.24) is 18.9 Å². The van der Waals surface area contributed by atoms with Crippen LogP contribution in [0, 0.1) is 0 Å². The molecule has 0 amide bonds. The minimum absolute atomic E-state index is 0.101. The Morgan fingerprint density at radius 3 is 2.50 bits per heavy atom. The summed E-state index contributed by atoms with van der Waals surface area (Å²) in [6.45, 7) is 1.02. The van der Waals surface area contributed by atoms with E-state index < -0.39 is 46.0 Å². The van der Waals surface area contributed by atoms with Gasteiger partial charge in [0, 0.05) is 37.0 Å². The van der Waals surface area contributed by atoms with Crippen molar-refractivity contribution in [3.05, 3.63) is 46.3 Å². The van der Waals surface area contributed by atoms with Gasteiger partial charge in [-0.2, -0.15) is 13.2 Å². The lowest BCUT2D eigenvalue weighted by Gasteiger charge is -2.14. The summed E-state index contributed by atoms with van der Waals surface area (Å²) in [5.41, 5.74) is -2.63. The van der Waals surface area contributed by atoms with Gasteiger partial charge in [0.2, 0.25) is 0 Å². The molecule has 0 N–H and O–H groups in total. The number of halogens is 5. The lowest BCUT2D eigenvalue weighted by atomic mass is 10.2. The third-order valence-electron chi connectivity index (χ3n) is 5.30. The second-order valence-electron chi connectivity index (χ2n) is 8.36. The molecule has 1 saturated carbocycles. The first-order chi connectivity index (χ1) is 16.7. The highest BCUT2D eigenvalue weighted by atomic mass is 32.2. The molecule has 0 bridgehead atoms. The summed E-state index contributed by atoms with van der Waals surface area (Å²) in [7, 11) is -3.94. The fourth-order valence-corrected chi connectivity index (χ4v) is 4.52. The van der Waals surface area contributed by atoms with Gasteiger partial charge in [0.1, 0.15) is 22.7 Å². The number of imidazole rings is 1. The molecule has 0 radical (unpaired) electrons. The third-order valence-corrected chi connectivity index (χ3v) is 7.04. The zero-order valence-corrected chi connectivity index (χ0v) is 19.8. The first kappa shape index (κ1) is 25.7. The van der Waals surface area contributed by atoms with Gasteiger partial charge in [0.05, 0.1) is 16.9 Å². The van der Waals surface area contributed by atoms with E-state index in [-0.39, 0.29) is 33.2 Å². The number of aromatic nitrogens is 4. The number of alkyl halides is 5. The van der Waals surface area contributed by atoms with Crippen LogP contribution in [0.25, 0.3) is 17.0 Å². The van der Waals surface area contributed by atoms with Gasteiger partial charge in [-0.15, -0.1) is 0 Å².